The third kappa shape index (κ3) is 3.58. The average molecular weight is 382 g/mol. The van der Waals surface area contributed by atoms with Crippen LogP contribution >= 0.6 is 0 Å². The number of pyridine rings is 1. The molecule has 1 aromatic carbocycles. The van der Waals surface area contributed by atoms with Gasteiger partial charge in [-0.05, 0) is 43.7 Å². The maximum absolute atomic E-state index is 13.0. The van der Waals surface area contributed by atoms with E-state index >= 15 is 0 Å². The van der Waals surface area contributed by atoms with Crippen LogP contribution in [0.15, 0.2) is 47.0 Å². The highest BCUT2D eigenvalue weighted by Gasteiger charge is 2.37. The Hall–Kier alpha value is -2.90. The molecule has 1 saturated heterocycles. The molecule has 1 aliphatic heterocycles. The Morgan fingerprint density at radius 3 is 2.96 bits per heavy atom. The Morgan fingerprint density at radius 1 is 1.36 bits per heavy atom. The second-order valence-corrected chi connectivity index (χ2v) is 7.00. The van der Waals surface area contributed by atoms with Crippen LogP contribution in [0.25, 0.3) is 11.0 Å². The molecule has 3 heterocycles. The molecule has 1 amide bonds. The SMILES string of the molecule is Cc1oc2ccc(OCc3ccccn3)cc2c1C(=O)NC1(CO)CCOC1. The van der Waals surface area contributed by atoms with Crippen molar-refractivity contribution in [3.63, 3.8) is 0 Å². The van der Waals surface area contributed by atoms with E-state index in [0.29, 0.717) is 54.3 Å². The number of aromatic nitrogens is 1. The highest BCUT2D eigenvalue weighted by Crippen LogP contribution is 2.30. The molecule has 1 fully saturated rings. The smallest absolute Gasteiger partial charge is 0.256 e. The van der Waals surface area contributed by atoms with Crippen molar-refractivity contribution in [3.8, 4) is 5.75 Å². The van der Waals surface area contributed by atoms with Gasteiger partial charge in [0.1, 0.15) is 23.7 Å². The van der Waals surface area contributed by atoms with Gasteiger partial charge in [-0.15, -0.1) is 0 Å². The van der Waals surface area contributed by atoms with Crippen LogP contribution in [-0.2, 0) is 11.3 Å². The Labute approximate surface area is 162 Å². The maximum Gasteiger partial charge on any atom is 0.256 e. The number of hydrogen-bond donors (Lipinski definition) is 2. The Bertz CT molecular complexity index is 977. The van der Waals surface area contributed by atoms with Crippen molar-refractivity contribution in [2.75, 3.05) is 19.8 Å². The topological polar surface area (TPSA) is 93.8 Å². The molecule has 7 nitrogen and oxygen atoms in total. The molecule has 1 atom stereocenters. The summed E-state index contributed by atoms with van der Waals surface area (Å²) >= 11 is 0. The van der Waals surface area contributed by atoms with Gasteiger partial charge in [-0.25, -0.2) is 0 Å². The van der Waals surface area contributed by atoms with Gasteiger partial charge in [-0.3, -0.25) is 9.78 Å². The van der Waals surface area contributed by atoms with Gasteiger partial charge >= 0.3 is 0 Å². The van der Waals surface area contributed by atoms with Gasteiger partial charge in [-0.2, -0.15) is 0 Å². The standard InChI is InChI=1S/C21H22N2O5/c1-14-19(20(25)23-21(12-24)7-9-26-13-21)17-10-16(5-6-18(17)28-14)27-11-15-4-2-3-8-22-15/h2-6,8,10,24H,7,9,11-13H2,1H3,(H,23,25). The lowest BCUT2D eigenvalue weighted by atomic mass is 9.99. The van der Waals surface area contributed by atoms with E-state index in [-0.39, 0.29) is 12.5 Å². The number of fused-ring (bicyclic) bond motifs is 1. The number of nitrogens with zero attached hydrogens (tertiary/aromatic N) is 1. The minimum atomic E-state index is -0.750. The van der Waals surface area contributed by atoms with Crippen molar-refractivity contribution >= 4 is 16.9 Å². The minimum Gasteiger partial charge on any atom is -0.487 e. The number of rotatable bonds is 6. The van der Waals surface area contributed by atoms with Crippen molar-refractivity contribution in [3.05, 3.63) is 59.6 Å². The fourth-order valence-electron chi connectivity index (χ4n) is 3.39. The summed E-state index contributed by atoms with van der Waals surface area (Å²) in [7, 11) is 0. The maximum atomic E-state index is 13.0. The van der Waals surface area contributed by atoms with E-state index in [0.717, 1.165) is 5.69 Å². The van der Waals surface area contributed by atoms with Gasteiger partial charge < -0.3 is 24.3 Å². The number of ether oxygens (including phenoxy) is 2. The fourth-order valence-corrected chi connectivity index (χ4v) is 3.39. The Morgan fingerprint density at radius 2 is 2.25 bits per heavy atom. The summed E-state index contributed by atoms with van der Waals surface area (Å²) in [6.45, 7) is 2.71. The van der Waals surface area contributed by atoms with E-state index in [9.17, 15) is 9.90 Å². The normalized spacial score (nSPS) is 19.1. The van der Waals surface area contributed by atoms with Gasteiger partial charge in [0.15, 0.2) is 0 Å². The molecular weight excluding hydrogens is 360 g/mol. The van der Waals surface area contributed by atoms with Crippen molar-refractivity contribution in [2.45, 2.75) is 25.5 Å². The van der Waals surface area contributed by atoms with Gasteiger partial charge in [0.25, 0.3) is 5.91 Å². The lowest BCUT2D eigenvalue weighted by Gasteiger charge is -2.26. The van der Waals surface area contributed by atoms with E-state index in [2.05, 4.69) is 10.3 Å². The first-order valence-electron chi connectivity index (χ1n) is 9.17. The first-order valence-corrected chi connectivity index (χ1v) is 9.17. The van der Waals surface area contributed by atoms with Gasteiger partial charge in [-0.1, -0.05) is 6.07 Å². The number of aliphatic hydroxyl groups excluding tert-OH is 1. The molecule has 0 spiro atoms. The molecule has 7 heteroatoms. The fraction of sp³-hybridized carbons (Fsp3) is 0.333. The number of hydrogen-bond acceptors (Lipinski definition) is 6. The average Bonchev–Trinajstić information content (AvgIpc) is 3.30. The first-order chi connectivity index (χ1) is 13.6. The van der Waals surface area contributed by atoms with Crippen LogP contribution in [0.2, 0.25) is 0 Å². The monoisotopic (exact) mass is 382 g/mol. The summed E-state index contributed by atoms with van der Waals surface area (Å²) in [4.78, 5) is 17.2. The zero-order valence-corrected chi connectivity index (χ0v) is 15.6. The molecule has 1 unspecified atom stereocenters. The predicted octanol–water partition coefficient (Wildman–Crippen LogP) is 2.60. The first kappa shape index (κ1) is 18.5. The molecule has 0 radical (unpaired) electrons. The zero-order chi connectivity index (χ0) is 19.6. The van der Waals surface area contributed by atoms with Crippen LogP contribution in [0.5, 0.6) is 5.75 Å². The van der Waals surface area contributed by atoms with Gasteiger partial charge in [0.05, 0.1) is 30.0 Å². The van der Waals surface area contributed by atoms with Gasteiger partial charge in [0, 0.05) is 18.2 Å². The van der Waals surface area contributed by atoms with Crippen LogP contribution in [-0.4, -0.2) is 41.4 Å². The largest absolute Gasteiger partial charge is 0.487 e. The number of carbonyl (C=O) groups is 1. The number of aliphatic hydroxyl groups is 1. The number of carbonyl (C=O) groups excluding carboxylic acids is 1. The number of benzene rings is 1. The van der Waals surface area contributed by atoms with Crippen LogP contribution in [0.1, 0.15) is 28.2 Å². The summed E-state index contributed by atoms with van der Waals surface area (Å²) in [5.41, 5.74) is 1.11. The number of nitrogens with one attached hydrogen (secondary N) is 1. The van der Waals surface area contributed by atoms with E-state index in [1.54, 1.807) is 31.3 Å². The molecule has 28 heavy (non-hydrogen) atoms. The van der Waals surface area contributed by atoms with E-state index < -0.39 is 5.54 Å². The second kappa shape index (κ2) is 7.61. The number of aryl methyl sites for hydroxylation is 1. The van der Waals surface area contributed by atoms with E-state index in [1.807, 2.05) is 18.2 Å². The number of furan rings is 1. The molecule has 2 aromatic heterocycles. The van der Waals surface area contributed by atoms with Crippen LogP contribution < -0.4 is 10.1 Å². The van der Waals surface area contributed by atoms with Crippen molar-refractivity contribution in [2.24, 2.45) is 0 Å². The Balaban J connectivity index is 1.59. The van der Waals surface area contributed by atoms with E-state index in [4.69, 9.17) is 13.9 Å². The molecular formula is C21H22N2O5. The molecule has 146 valence electrons. The van der Waals surface area contributed by atoms with Crippen molar-refractivity contribution < 1.29 is 23.8 Å². The van der Waals surface area contributed by atoms with Crippen LogP contribution in [0, 0.1) is 6.92 Å². The van der Waals surface area contributed by atoms with Crippen molar-refractivity contribution in [1.82, 2.24) is 10.3 Å². The Kier molecular flexibility index (Phi) is 5.02. The summed E-state index contributed by atoms with van der Waals surface area (Å²) < 4.78 is 16.9. The van der Waals surface area contributed by atoms with Crippen molar-refractivity contribution in [1.29, 1.82) is 0 Å². The molecule has 0 saturated carbocycles. The lowest BCUT2D eigenvalue weighted by Crippen LogP contribution is -2.52. The molecule has 0 aliphatic carbocycles. The second-order valence-electron chi connectivity index (χ2n) is 7.00. The minimum absolute atomic E-state index is 0.175. The predicted molar refractivity (Wildman–Crippen MR) is 102 cm³/mol. The quantitative estimate of drug-likeness (QED) is 0.681. The van der Waals surface area contributed by atoms with E-state index in [1.165, 1.54) is 0 Å². The van der Waals surface area contributed by atoms with Crippen LogP contribution in [0.4, 0.5) is 0 Å². The summed E-state index contributed by atoms with van der Waals surface area (Å²) in [5, 5.41) is 13.3. The zero-order valence-electron chi connectivity index (χ0n) is 15.6. The summed E-state index contributed by atoms with van der Waals surface area (Å²) in [6, 6.07) is 11.0. The number of amides is 1. The highest BCUT2D eigenvalue weighted by molar-refractivity contribution is 6.07. The highest BCUT2D eigenvalue weighted by atomic mass is 16.5. The lowest BCUT2D eigenvalue weighted by molar-refractivity contribution is 0.0789. The third-order valence-corrected chi connectivity index (χ3v) is 4.96. The molecule has 0 bridgehead atoms. The third-order valence-electron chi connectivity index (χ3n) is 4.96. The van der Waals surface area contributed by atoms with Crippen LogP contribution in [0.3, 0.4) is 0 Å². The molecule has 3 aromatic rings. The van der Waals surface area contributed by atoms with Gasteiger partial charge in [0.2, 0.25) is 0 Å². The summed E-state index contributed by atoms with van der Waals surface area (Å²) in [5.74, 6) is 0.841. The molecule has 2 N–H and O–H groups in total. The molecule has 1 aliphatic rings. The summed E-state index contributed by atoms with van der Waals surface area (Å²) in [6.07, 6.45) is 2.29. The molecule has 4 rings (SSSR count).